The van der Waals surface area contributed by atoms with Crippen molar-refractivity contribution in [3.05, 3.63) is 0 Å². The van der Waals surface area contributed by atoms with Gasteiger partial charge in [-0.05, 0) is 31.1 Å². The molecule has 2 aliphatic rings. The van der Waals surface area contributed by atoms with Crippen molar-refractivity contribution in [1.29, 1.82) is 0 Å². The van der Waals surface area contributed by atoms with Gasteiger partial charge in [-0.15, -0.1) is 0 Å². The number of aliphatic hydroxyl groups excluding tert-OH is 1. The van der Waals surface area contributed by atoms with Gasteiger partial charge in [-0.3, -0.25) is 0 Å². The van der Waals surface area contributed by atoms with Crippen LogP contribution >= 0.6 is 0 Å². The van der Waals surface area contributed by atoms with E-state index in [1.807, 2.05) is 0 Å². The van der Waals surface area contributed by atoms with E-state index in [9.17, 15) is 5.11 Å². The summed E-state index contributed by atoms with van der Waals surface area (Å²) in [6.07, 6.45) is 5.85. The van der Waals surface area contributed by atoms with Crippen molar-refractivity contribution in [3.8, 4) is 0 Å². The highest BCUT2D eigenvalue weighted by molar-refractivity contribution is 5.03. The summed E-state index contributed by atoms with van der Waals surface area (Å²) in [6.45, 7) is 4.59. The van der Waals surface area contributed by atoms with Gasteiger partial charge in [-0.2, -0.15) is 0 Å². The SMILES string of the molecule is CO[C@@H]1CC[C@H]2[C@@H](C)CCC[C@H](O)[C@]12C. The van der Waals surface area contributed by atoms with Crippen LogP contribution < -0.4 is 0 Å². The van der Waals surface area contributed by atoms with Crippen LogP contribution in [0, 0.1) is 17.3 Å². The van der Waals surface area contributed by atoms with Gasteiger partial charge in [0.2, 0.25) is 0 Å². The summed E-state index contributed by atoms with van der Waals surface area (Å²) in [6, 6.07) is 0. The minimum Gasteiger partial charge on any atom is -0.392 e. The molecule has 0 aliphatic heterocycles. The first-order valence-corrected chi connectivity index (χ1v) is 6.31. The van der Waals surface area contributed by atoms with E-state index in [4.69, 9.17) is 4.74 Å². The molecule has 0 amide bonds. The number of hydrogen-bond donors (Lipinski definition) is 1. The molecule has 2 fully saturated rings. The summed E-state index contributed by atoms with van der Waals surface area (Å²) in [5.41, 5.74) is 0.00463. The van der Waals surface area contributed by atoms with Gasteiger partial charge >= 0.3 is 0 Å². The molecule has 0 spiro atoms. The molecule has 0 aromatic carbocycles. The summed E-state index contributed by atoms with van der Waals surface area (Å²) in [5.74, 6) is 1.40. The van der Waals surface area contributed by atoms with E-state index < -0.39 is 0 Å². The third-order valence-corrected chi connectivity index (χ3v) is 5.06. The highest BCUT2D eigenvalue weighted by Crippen LogP contribution is 2.53. The number of ether oxygens (including phenoxy) is 1. The van der Waals surface area contributed by atoms with E-state index in [-0.39, 0.29) is 17.6 Å². The standard InChI is InChI=1S/C13H24O2/c1-9-5-4-6-11(14)13(2)10(9)7-8-12(13)15-3/h9-12,14H,4-8H2,1-3H3/t9-,10-,11-,12+,13+/m0/s1. The molecule has 2 nitrogen and oxygen atoms in total. The zero-order valence-electron chi connectivity index (χ0n) is 10.2. The summed E-state index contributed by atoms with van der Waals surface area (Å²) < 4.78 is 5.60. The van der Waals surface area contributed by atoms with Gasteiger partial charge in [0.1, 0.15) is 0 Å². The average Bonchev–Trinajstić information content (AvgIpc) is 2.51. The minimum absolute atomic E-state index is 0.00463. The van der Waals surface area contributed by atoms with Crippen molar-refractivity contribution in [1.82, 2.24) is 0 Å². The quantitative estimate of drug-likeness (QED) is 0.724. The fourth-order valence-electron chi connectivity index (χ4n) is 4.07. The topological polar surface area (TPSA) is 29.5 Å². The Balaban J connectivity index is 2.29. The maximum Gasteiger partial charge on any atom is 0.0652 e. The molecule has 0 aromatic rings. The van der Waals surface area contributed by atoms with Crippen LogP contribution in [0.4, 0.5) is 0 Å². The second kappa shape index (κ2) is 4.06. The van der Waals surface area contributed by atoms with Gasteiger partial charge in [-0.1, -0.05) is 26.7 Å². The van der Waals surface area contributed by atoms with Crippen LogP contribution in [0.15, 0.2) is 0 Å². The number of fused-ring (bicyclic) bond motifs is 1. The summed E-state index contributed by atoms with van der Waals surface area (Å²) in [4.78, 5) is 0. The third-order valence-electron chi connectivity index (χ3n) is 5.06. The Morgan fingerprint density at radius 2 is 1.93 bits per heavy atom. The van der Waals surface area contributed by atoms with Crippen molar-refractivity contribution < 1.29 is 9.84 Å². The Bertz CT molecular complexity index is 229. The lowest BCUT2D eigenvalue weighted by molar-refractivity contribution is -0.0847. The van der Waals surface area contributed by atoms with Crippen molar-refractivity contribution in [3.63, 3.8) is 0 Å². The second-order valence-corrected chi connectivity index (χ2v) is 5.70. The molecule has 0 bridgehead atoms. The van der Waals surface area contributed by atoms with Crippen LogP contribution in [0.3, 0.4) is 0 Å². The van der Waals surface area contributed by atoms with E-state index in [1.165, 1.54) is 19.3 Å². The van der Waals surface area contributed by atoms with Crippen LogP contribution in [-0.4, -0.2) is 24.4 Å². The van der Waals surface area contributed by atoms with Crippen molar-refractivity contribution in [2.75, 3.05) is 7.11 Å². The predicted molar refractivity (Wildman–Crippen MR) is 60.6 cm³/mol. The number of aliphatic hydroxyl groups is 1. The number of methoxy groups -OCH3 is 1. The molecule has 2 heteroatoms. The maximum absolute atomic E-state index is 10.4. The minimum atomic E-state index is -0.167. The Morgan fingerprint density at radius 3 is 2.60 bits per heavy atom. The molecule has 0 heterocycles. The predicted octanol–water partition coefficient (Wildman–Crippen LogP) is 2.60. The molecule has 2 saturated carbocycles. The van der Waals surface area contributed by atoms with Crippen LogP contribution in [0.1, 0.15) is 46.0 Å². The Hall–Kier alpha value is -0.0800. The monoisotopic (exact) mass is 212 g/mol. The molecular weight excluding hydrogens is 188 g/mol. The molecule has 1 N–H and O–H groups in total. The van der Waals surface area contributed by atoms with Crippen LogP contribution in [0.25, 0.3) is 0 Å². The Morgan fingerprint density at radius 1 is 1.20 bits per heavy atom. The molecule has 2 aliphatic carbocycles. The Labute approximate surface area is 93.0 Å². The number of hydrogen-bond acceptors (Lipinski definition) is 2. The van der Waals surface area contributed by atoms with E-state index in [2.05, 4.69) is 13.8 Å². The fraction of sp³-hybridized carbons (Fsp3) is 1.00. The van der Waals surface area contributed by atoms with E-state index in [0.717, 1.165) is 18.8 Å². The first kappa shape index (κ1) is 11.4. The van der Waals surface area contributed by atoms with Crippen LogP contribution in [0.2, 0.25) is 0 Å². The van der Waals surface area contributed by atoms with Crippen LogP contribution in [0.5, 0.6) is 0 Å². The zero-order valence-corrected chi connectivity index (χ0v) is 10.2. The zero-order chi connectivity index (χ0) is 11.1. The molecule has 15 heavy (non-hydrogen) atoms. The lowest BCUT2D eigenvalue weighted by Crippen LogP contribution is -2.44. The molecule has 0 radical (unpaired) electrons. The molecule has 5 atom stereocenters. The highest BCUT2D eigenvalue weighted by atomic mass is 16.5. The first-order chi connectivity index (χ1) is 7.10. The molecule has 0 aromatic heterocycles. The number of rotatable bonds is 1. The van der Waals surface area contributed by atoms with Gasteiger partial charge in [0, 0.05) is 12.5 Å². The van der Waals surface area contributed by atoms with Crippen molar-refractivity contribution in [2.24, 2.45) is 17.3 Å². The Kier molecular flexibility index (Phi) is 3.09. The van der Waals surface area contributed by atoms with Gasteiger partial charge in [0.05, 0.1) is 12.2 Å². The van der Waals surface area contributed by atoms with Crippen molar-refractivity contribution in [2.45, 2.75) is 58.2 Å². The summed E-state index contributed by atoms with van der Waals surface area (Å²) in [5, 5.41) is 10.4. The lowest BCUT2D eigenvalue weighted by Gasteiger charge is -2.40. The van der Waals surface area contributed by atoms with Gasteiger partial charge in [0.25, 0.3) is 0 Å². The normalized spacial score (nSPS) is 51.2. The maximum atomic E-state index is 10.4. The average molecular weight is 212 g/mol. The highest BCUT2D eigenvalue weighted by Gasteiger charge is 2.53. The summed E-state index contributed by atoms with van der Waals surface area (Å²) >= 11 is 0. The van der Waals surface area contributed by atoms with E-state index in [0.29, 0.717) is 5.92 Å². The molecule has 0 unspecified atom stereocenters. The largest absolute Gasteiger partial charge is 0.392 e. The van der Waals surface area contributed by atoms with Gasteiger partial charge < -0.3 is 9.84 Å². The van der Waals surface area contributed by atoms with E-state index >= 15 is 0 Å². The summed E-state index contributed by atoms with van der Waals surface area (Å²) in [7, 11) is 1.79. The lowest BCUT2D eigenvalue weighted by atomic mass is 9.69. The first-order valence-electron chi connectivity index (χ1n) is 6.31. The van der Waals surface area contributed by atoms with Gasteiger partial charge in [0.15, 0.2) is 0 Å². The molecule has 2 rings (SSSR count). The molecule has 88 valence electrons. The van der Waals surface area contributed by atoms with Gasteiger partial charge in [-0.25, -0.2) is 0 Å². The third kappa shape index (κ3) is 1.62. The van der Waals surface area contributed by atoms with Crippen LogP contribution in [-0.2, 0) is 4.74 Å². The molecular formula is C13H24O2. The molecule has 0 saturated heterocycles. The second-order valence-electron chi connectivity index (χ2n) is 5.70. The fourth-order valence-corrected chi connectivity index (χ4v) is 4.07. The smallest absolute Gasteiger partial charge is 0.0652 e. The van der Waals surface area contributed by atoms with E-state index in [1.54, 1.807) is 7.11 Å². The van der Waals surface area contributed by atoms with Crippen molar-refractivity contribution >= 4 is 0 Å².